The molecule has 0 bridgehead atoms. The van der Waals surface area contributed by atoms with Gasteiger partial charge in [0.25, 0.3) is 0 Å². The standard InChI is InChI=1S/C12H20N2O4/c1-2-3-10(12(16)17)14-11(15)8-18-9-4-6-13-7-5-9/h2,9-10,13H,1,3-8H2,(H,14,15)(H,16,17). The third kappa shape index (κ3) is 5.29. The normalized spacial score (nSPS) is 18.0. The molecular weight excluding hydrogens is 236 g/mol. The summed E-state index contributed by atoms with van der Waals surface area (Å²) in [4.78, 5) is 22.3. The number of hydrogen-bond donors (Lipinski definition) is 3. The van der Waals surface area contributed by atoms with Crippen LogP contribution in [0.4, 0.5) is 0 Å². The molecule has 0 aromatic heterocycles. The predicted octanol–water partition coefficient (Wildman–Crippen LogP) is -0.0995. The minimum absolute atomic E-state index is 0.0830. The fraction of sp³-hybridized carbons (Fsp3) is 0.667. The van der Waals surface area contributed by atoms with Crippen molar-refractivity contribution in [1.82, 2.24) is 10.6 Å². The largest absolute Gasteiger partial charge is 0.480 e. The van der Waals surface area contributed by atoms with Gasteiger partial charge in [0.1, 0.15) is 12.6 Å². The highest BCUT2D eigenvalue weighted by Gasteiger charge is 2.20. The summed E-state index contributed by atoms with van der Waals surface area (Å²) in [5.41, 5.74) is 0. The van der Waals surface area contributed by atoms with Gasteiger partial charge in [-0.15, -0.1) is 6.58 Å². The number of aliphatic carboxylic acids is 1. The van der Waals surface area contributed by atoms with E-state index in [2.05, 4.69) is 17.2 Å². The minimum atomic E-state index is -1.06. The second-order valence-electron chi connectivity index (χ2n) is 4.24. The molecule has 1 rings (SSSR count). The zero-order chi connectivity index (χ0) is 13.4. The Kier molecular flexibility index (Phi) is 6.38. The van der Waals surface area contributed by atoms with Crippen LogP contribution >= 0.6 is 0 Å². The van der Waals surface area contributed by atoms with E-state index in [1.54, 1.807) is 0 Å². The molecule has 6 nitrogen and oxygen atoms in total. The summed E-state index contributed by atoms with van der Waals surface area (Å²) >= 11 is 0. The van der Waals surface area contributed by atoms with E-state index in [0.29, 0.717) is 0 Å². The predicted molar refractivity (Wildman–Crippen MR) is 66.2 cm³/mol. The molecule has 18 heavy (non-hydrogen) atoms. The maximum absolute atomic E-state index is 11.5. The SMILES string of the molecule is C=CCC(NC(=O)COC1CCNCC1)C(=O)O. The average Bonchev–Trinajstić information content (AvgIpc) is 2.37. The van der Waals surface area contributed by atoms with Crippen molar-refractivity contribution in [3.8, 4) is 0 Å². The molecular formula is C12H20N2O4. The van der Waals surface area contributed by atoms with Gasteiger partial charge in [-0.1, -0.05) is 6.08 Å². The van der Waals surface area contributed by atoms with Crippen LogP contribution < -0.4 is 10.6 Å². The van der Waals surface area contributed by atoms with Crippen LogP contribution in [-0.2, 0) is 14.3 Å². The van der Waals surface area contributed by atoms with E-state index in [-0.39, 0.29) is 19.1 Å². The summed E-state index contributed by atoms with van der Waals surface area (Å²) in [5, 5.41) is 14.5. The molecule has 1 aliphatic heterocycles. The lowest BCUT2D eigenvalue weighted by Gasteiger charge is -2.23. The number of piperidine rings is 1. The molecule has 1 atom stereocenters. The molecule has 1 unspecified atom stereocenters. The number of hydrogen-bond acceptors (Lipinski definition) is 4. The number of carbonyl (C=O) groups excluding carboxylic acids is 1. The van der Waals surface area contributed by atoms with E-state index < -0.39 is 17.9 Å². The Hall–Kier alpha value is -1.40. The molecule has 0 spiro atoms. The van der Waals surface area contributed by atoms with Gasteiger partial charge >= 0.3 is 5.97 Å². The summed E-state index contributed by atoms with van der Waals surface area (Å²) in [6.45, 7) is 5.14. The average molecular weight is 256 g/mol. The Labute approximate surface area is 106 Å². The van der Waals surface area contributed by atoms with Gasteiger partial charge in [0.05, 0.1) is 6.10 Å². The molecule has 0 aromatic rings. The summed E-state index contributed by atoms with van der Waals surface area (Å²) in [5.74, 6) is -1.46. The first kappa shape index (κ1) is 14.7. The number of nitrogens with one attached hydrogen (secondary N) is 2. The maximum atomic E-state index is 11.5. The molecule has 1 saturated heterocycles. The molecule has 6 heteroatoms. The second kappa shape index (κ2) is 7.84. The third-order valence-electron chi connectivity index (χ3n) is 2.77. The number of carboxylic acid groups (broad SMARTS) is 1. The lowest BCUT2D eigenvalue weighted by Crippen LogP contribution is -2.43. The van der Waals surface area contributed by atoms with E-state index in [9.17, 15) is 9.59 Å². The zero-order valence-electron chi connectivity index (χ0n) is 10.4. The van der Waals surface area contributed by atoms with Crippen molar-refractivity contribution in [2.45, 2.75) is 31.4 Å². The number of ether oxygens (including phenoxy) is 1. The zero-order valence-corrected chi connectivity index (χ0v) is 10.4. The van der Waals surface area contributed by atoms with Crippen molar-refractivity contribution in [3.05, 3.63) is 12.7 Å². The van der Waals surface area contributed by atoms with Gasteiger partial charge in [0.15, 0.2) is 0 Å². The van der Waals surface area contributed by atoms with E-state index >= 15 is 0 Å². The molecule has 1 aliphatic rings. The molecule has 1 heterocycles. The van der Waals surface area contributed by atoms with Crippen LogP contribution in [0, 0.1) is 0 Å². The maximum Gasteiger partial charge on any atom is 0.326 e. The van der Waals surface area contributed by atoms with E-state index in [4.69, 9.17) is 9.84 Å². The molecule has 3 N–H and O–H groups in total. The first-order valence-corrected chi connectivity index (χ1v) is 6.09. The van der Waals surface area contributed by atoms with Gasteiger partial charge in [-0.3, -0.25) is 4.79 Å². The van der Waals surface area contributed by atoms with Crippen molar-refractivity contribution in [2.75, 3.05) is 19.7 Å². The Morgan fingerprint density at radius 1 is 1.50 bits per heavy atom. The Balaban J connectivity index is 2.26. The summed E-state index contributed by atoms with van der Waals surface area (Å²) in [7, 11) is 0. The van der Waals surface area contributed by atoms with Crippen LogP contribution in [0.2, 0.25) is 0 Å². The Bertz CT molecular complexity index is 300. The third-order valence-corrected chi connectivity index (χ3v) is 2.77. The fourth-order valence-corrected chi connectivity index (χ4v) is 1.78. The monoisotopic (exact) mass is 256 g/mol. The Morgan fingerprint density at radius 2 is 2.17 bits per heavy atom. The molecule has 0 aliphatic carbocycles. The van der Waals surface area contributed by atoms with Crippen LogP contribution in [0.1, 0.15) is 19.3 Å². The van der Waals surface area contributed by atoms with Gasteiger partial charge in [0.2, 0.25) is 5.91 Å². The summed E-state index contributed by atoms with van der Waals surface area (Å²) in [6.07, 6.45) is 3.51. The van der Waals surface area contributed by atoms with E-state index in [0.717, 1.165) is 25.9 Å². The number of rotatable bonds is 7. The lowest BCUT2D eigenvalue weighted by molar-refractivity contribution is -0.142. The number of carbonyl (C=O) groups is 2. The van der Waals surface area contributed by atoms with Crippen LogP contribution in [0.5, 0.6) is 0 Å². The second-order valence-corrected chi connectivity index (χ2v) is 4.24. The van der Waals surface area contributed by atoms with Gasteiger partial charge < -0.3 is 20.5 Å². The van der Waals surface area contributed by atoms with Gasteiger partial charge in [-0.2, -0.15) is 0 Å². The van der Waals surface area contributed by atoms with Crippen molar-refractivity contribution >= 4 is 11.9 Å². The lowest BCUT2D eigenvalue weighted by atomic mass is 10.1. The van der Waals surface area contributed by atoms with Gasteiger partial charge in [-0.25, -0.2) is 4.79 Å². The quantitative estimate of drug-likeness (QED) is 0.554. The van der Waals surface area contributed by atoms with E-state index in [1.807, 2.05) is 0 Å². The van der Waals surface area contributed by atoms with Crippen LogP contribution in [0.25, 0.3) is 0 Å². The molecule has 1 amide bonds. The van der Waals surface area contributed by atoms with Crippen molar-refractivity contribution in [1.29, 1.82) is 0 Å². The van der Waals surface area contributed by atoms with Crippen LogP contribution in [-0.4, -0.2) is 48.8 Å². The molecule has 102 valence electrons. The van der Waals surface area contributed by atoms with Gasteiger partial charge in [-0.05, 0) is 32.4 Å². The molecule has 1 fully saturated rings. The highest BCUT2D eigenvalue weighted by Crippen LogP contribution is 2.06. The van der Waals surface area contributed by atoms with Crippen LogP contribution in [0.15, 0.2) is 12.7 Å². The molecule has 0 aromatic carbocycles. The smallest absolute Gasteiger partial charge is 0.326 e. The van der Waals surface area contributed by atoms with Gasteiger partial charge in [0, 0.05) is 0 Å². The summed E-state index contributed by atoms with van der Waals surface area (Å²) < 4.78 is 5.43. The highest BCUT2D eigenvalue weighted by atomic mass is 16.5. The summed E-state index contributed by atoms with van der Waals surface area (Å²) in [6, 6.07) is -0.924. The first-order chi connectivity index (χ1) is 8.63. The first-order valence-electron chi connectivity index (χ1n) is 6.09. The highest BCUT2D eigenvalue weighted by molar-refractivity contribution is 5.84. The fourth-order valence-electron chi connectivity index (χ4n) is 1.78. The Morgan fingerprint density at radius 3 is 2.72 bits per heavy atom. The minimum Gasteiger partial charge on any atom is -0.480 e. The molecule has 0 saturated carbocycles. The number of amides is 1. The topological polar surface area (TPSA) is 87.7 Å². The van der Waals surface area contributed by atoms with Crippen molar-refractivity contribution in [3.63, 3.8) is 0 Å². The van der Waals surface area contributed by atoms with Crippen molar-refractivity contribution < 1.29 is 19.4 Å². The molecule has 0 radical (unpaired) electrons. The number of carboxylic acids is 1. The van der Waals surface area contributed by atoms with Crippen LogP contribution in [0.3, 0.4) is 0 Å². The van der Waals surface area contributed by atoms with E-state index in [1.165, 1.54) is 6.08 Å². The van der Waals surface area contributed by atoms with Crippen molar-refractivity contribution in [2.24, 2.45) is 0 Å².